The van der Waals surface area contributed by atoms with Crippen LogP contribution in [0.25, 0.3) is 0 Å². The lowest BCUT2D eigenvalue weighted by Gasteiger charge is -2.30. The molecule has 2 aliphatic rings. The first-order valence-corrected chi connectivity index (χ1v) is 7.48. The van der Waals surface area contributed by atoms with E-state index in [1.807, 2.05) is 24.3 Å². The third kappa shape index (κ3) is 2.42. The Morgan fingerprint density at radius 3 is 2.71 bits per heavy atom. The molecule has 0 aromatic heterocycles. The van der Waals surface area contributed by atoms with E-state index in [0.717, 1.165) is 30.6 Å². The number of rotatable bonds is 3. The Balaban J connectivity index is 1.96. The van der Waals surface area contributed by atoms with E-state index >= 15 is 0 Å². The average molecular weight is 288 g/mol. The smallest absolute Gasteiger partial charge is 0.314 e. The molecule has 0 atom stereocenters. The highest BCUT2D eigenvalue weighted by atomic mass is 16.4. The summed E-state index contributed by atoms with van der Waals surface area (Å²) in [4.78, 5) is 25.5. The quantitative estimate of drug-likeness (QED) is 0.885. The van der Waals surface area contributed by atoms with Crippen LogP contribution in [0.1, 0.15) is 31.2 Å². The Morgan fingerprint density at radius 2 is 2.05 bits per heavy atom. The van der Waals surface area contributed by atoms with E-state index in [1.165, 1.54) is 0 Å². The van der Waals surface area contributed by atoms with Gasteiger partial charge in [-0.1, -0.05) is 25.0 Å². The molecule has 5 nitrogen and oxygen atoms in total. The normalized spacial score (nSPS) is 21.5. The predicted octanol–water partition coefficient (Wildman–Crippen LogP) is 1.52. The van der Waals surface area contributed by atoms with Crippen molar-refractivity contribution in [1.29, 1.82) is 0 Å². The van der Waals surface area contributed by atoms with Gasteiger partial charge in [0.05, 0.1) is 12.0 Å². The number of nitrogens with one attached hydrogen (secondary N) is 1. The number of benzene rings is 1. The van der Waals surface area contributed by atoms with Crippen LogP contribution in [-0.4, -0.2) is 36.6 Å². The van der Waals surface area contributed by atoms with Crippen molar-refractivity contribution in [2.24, 2.45) is 0 Å². The fourth-order valence-electron chi connectivity index (χ4n) is 3.46. The minimum absolute atomic E-state index is 0.0363. The molecule has 5 heteroatoms. The van der Waals surface area contributed by atoms with Gasteiger partial charge in [-0.3, -0.25) is 9.59 Å². The Kier molecular flexibility index (Phi) is 3.68. The molecule has 1 aliphatic carbocycles. The van der Waals surface area contributed by atoms with E-state index in [4.69, 9.17) is 0 Å². The zero-order valence-corrected chi connectivity index (χ0v) is 12.0. The number of hydrogen-bond acceptors (Lipinski definition) is 3. The molecule has 1 amide bonds. The first-order valence-electron chi connectivity index (χ1n) is 7.48. The Hall–Kier alpha value is -1.88. The molecule has 1 aliphatic heterocycles. The van der Waals surface area contributed by atoms with Gasteiger partial charge in [0, 0.05) is 18.8 Å². The highest BCUT2D eigenvalue weighted by Gasteiger charge is 2.43. The standard InChI is InChI=1S/C16H20N2O3/c19-14-11-17-8-9-18(14)13-5-3-4-12(10-13)16(15(20)21)6-1-2-7-16/h3-5,10,17H,1-2,6-9,11H2,(H,20,21). The first kappa shape index (κ1) is 14.1. The molecule has 21 heavy (non-hydrogen) atoms. The molecule has 1 saturated carbocycles. The predicted molar refractivity (Wildman–Crippen MR) is 79.4 cm³/mol. The number of nitrogens with zero attached hydrogens (tertiary/aromatic N) is 1. The summed E-state index contributed by atoms with van der Waals surface area (Å²) in [5, 5.41) is 12.7. The third-order valence-corrected chi connectivity index (χ3v) is 4.67. The van der Waals surface area contributed by atoms with Crippen LogP contribution in [0.5, 0.6) is 0 Å². The van der Waals surface area contributed by atoms with E-state index in [9.17, 15) is 14.7 Å². The molecule has 1 aromatic carbocycles. The number of carboxylic acid groups (broad SMARTS) is 1. The van der Waals surface area contributed by atoms with Crippen LogP contribution < -0.4 is 10.2 Å². The molecule has 0 radical (unpaired) electrons. The molecule has 0 bridgehead atoms. The summed E-state index contributed by atoms with van der Waals surface area (Å²) in [6.45, 7) is 1.73. The topological polar surface area (TPSA) is 69.6 Å². The van der Waals surface area contributed by atoms with Gasteiger partial charge in [-0.25, -0.2) is 0 Å². The summed E-state index contributed by atoms with van der Waals surface area (Å²) in [6.07, 6.45) is 3.26. The van der Waals surface area contributed by atoms with Crippen molar-refractivity contribution in [2.45, 2.75) is 31.1 Å². The van der Waals surface area contributed by atoms with Crippen LogP contribution in [0, 0.1) is 0 Å². The fraction of sp³-hybridized carbons (Fsp3) is 0.500. The van der Waals surface area contributed by atoms with Gasteiger partial charge in [0.1, 0.15) is 0 Å². The second-order valence-electron chi connectivity index (χ2n) is 5.87. The molecule has 0 spiro atoms. The van der Waals surface area contributed by atoms with Crippen molar-refractivity contribution in [1.82, 2.24) is 5.32 Å². The summed E-state index contributed by atoms with van der Waals surface area (Å²) >= 11 is 0. The Morgan fingerprint density at radius 1 is 1.29 bits per heavy atom. The number of piperazine rings is 1. The van der Waals surface area contributed by atoms with Gasteiger partial charge in [0.25, 0.3) is 0 Å². The van der Waals surface area contributed by atoms with E-state index in [-0.39, 0.29) is 5.91 Å². The van der Waals surface area contributed by atoms with E-state index in [0.29, 0.717) is 25.9 Å². The summed E-state index contributed by atoms with van der Waals surface area (Å²) in [5.74, 6) is -0.710. The van der Waals surface area contributed by atoms with Crippen molar-refractivity contribution >= 4 is 17.6 Å². The Bertz CT molecular complexity index is 564. The molecule has 112 valence electrons. The van der Waals surface area contributed by atoms with Gasteiger partial charge in [-0.05, 0) is 30.5 Å². The summed E-state index contributed by atoms with van der Waals surface area (Å²) < 4.78 is 0. The maximum absolute atomic E-state index is 12.0. The van der Waals surface area contributed by atoms with Crippen molar-refractivity contribution < 1.29 is 14.7 Å². The second kappa shape index (κ2) is 5.48. The van der Waals surface area contributed by atoms with Gasteiger partial charge in [0.15, 0.2) is 0 Å². The Labute approximate surface area is 123 Å². The third-order valence-electron chi connectivity index (χ3n) is 4.67. The fourth-order valence-corrected chi connectivity index (χ4v) is 3.46. The van der Waals surface area contributed by atoms with Crippen molar-refractivity contribution in [3.63, 3.8) is 0 Å². The highest BCUT2D eigenvalue weighted by Crippen LogP contribution is 2.42. The van der Waals surface area contributed by atoms with Crippen molar-refractivity contribution in [3.05, 3.63) is 29.8 Å². The molecule has 1 aromatic rings. The molecule has 1 saturated heterocycles. The minimum Gasteiger partial charge on any atom is -0.481 e. The lowest BCUT2D eigenvalue weighted by Crippen LogP contribution is -2.48. The van der Waals surface area contributed by atoms with Crippen LogP contribution in [0.4, 0.5) is 5.69 Å². The van der Waals surface area contributed by atoms with Crippen LogP contribution in [-0.2, 0) is 15.0 Å². The maximum atomic E-state index is 12.0. The lowest BCUT2D eigenvalue weighted by molar-refractivity contribution is -0.143. The summed E-state index contributed by atoms with van der Waals surface area (Å²) in [7, 11) is 0. The van der Waals surface area contributed by atoms with Crippen LogP contribution in [0.2, 0.25) is 0 Å². The van der Waals surface area contributed by atoms with E-state index in [1.54, 1.807) is 4.90 Å². The number of anilines is 1. The maximum Gasteiger partial charge on any atom is 0.314 e. The largest absolute Gasteiger partial charge is 0.481 e. The van der Waals surface area contributed by atoms with Crippen LogP contribution in [0.15, 0.2) is 24.3 Å². The van der Waals surface area contributed by atoms with E-state index < -0.39 is 11.4 Å². The van der Waals surface area contributed by atoms with Crippen molar-refractivity contribution in [2.75, 3.05) is 24.5 Å². The number of carbonyl (C=O) groups excluding carboxylic acids is 1. The number of hydrogen-bond donors (Lipinski definition) is 2. The van der Waals surface area contributed by atoms with Crippen LogP contribution >= 0.6 is 0 Å². The number of carboxylic acids is 1. The molecule has 0 unspecified atom stereocenters. The van der Waals surface area contributed by atoms with Gasteiger partial charge in [-0.2, -0.15) is 0 Å². The first-order chi connectivity index (χ1) is 10.1. The zero-order valence-electron chi connectivity index (χ0n) is 12.0. The summed E-state index contributed by atoms with van der Waals surface area (Å²) in [5.41, 5.74) is 0.871. The molecule has 2 N–H and O–H groups in total. The molecular weight excluding hydrogens is 268 g/mol. The minimum atomic E-state index is -0.771. The zero-order chi connectivity index (χ0) is 14.9. The SMILES string of the molecule is O=C1CNCCN1c1cccc(C2(C(=O)O)CCCC2)c1. The van der Waals surface area contributed by atoms with Crippen LogP contribution in [0.3, 0.4) is 0 Å². The molecule has 2 fully saturated rings. The average Bonchev–Trinajstić information content (AvgIpc) is 2.99. The number of amides is 1. The second-order valence-corrected chi connectivity index (χ2v) is 5.87. The molecular formula is C16H20N2O3. The molecule has 1 heterocycles. The highest BCUT2D eigenvalue weighted by molar-refractivity contribution is 5.95. The number of carbonyl (C=O) groups is 2. The lowest BCUT2D eigenvalue weighted by atomic mass is 9.79. The summed E-state index contributed by atoms with van der Waals surface area (Å²) in [6, 6.07) is 7.53. The van der Waals surface area contributed by atoms with Gasteiger partial charge in [-0.15, -0.1) is 0 Å². The van der Waals surface area contributed by atoms with Gasteiger partial charge in [0.2, 0.25) is 5.91 Å². The van der Waals surface area contributed by atoms with Gasteiger partial charge >= 0.3 is 5.97 Å². The number of aliphatic carboxylic acids is 1. The van der Waals surface area contributed by atoms with Gasteiger partial charge < -0.3 is 15.3 Å². The van der Waals surface area contributed by atoms with E-state index in [2.05, 4.69) is 5.32 Å². The molecule has 3 rings (SSSR count). The monoisotopic (exact) mass is 288 g/mol. The van der Waals surface area contributed by atoms with Crippen molar-refractivity contribution in [3.8, 4) is 0 Å².